The monoisotopic (exact) mass is 265 g/mol. The molecule has 0 saturated heterocycles. The van der Waals surface area contributed by atoms with Crippen LogP contribution in [0.15, 0.2) is 24.9 Å². The summed E-state index contributed by atoms with van der Waals surface area (Å²) >= 11 is 0. The first kappa shape index (κ1) is 15.0. The summed E-state index contributed by atoms with van der Waals surface area (Å²) in [6.07, 6.45) is 1.56. The lowest BCUT2D eigenvalue weighted by Gasteiger charge is -2.19. The van der Waals surface area contributed by atoms with Gasteiger partial charge in [-0.25, -0.2) is 4.79 Å². The third-order valence-corrected chi connectivity index (χ3v) is 2.04. The molecule has 0 fully saturated rings. The van der Waals surface area contributed by atoms with Crippen LogP contribution in [0.25, 0.3) is 5.76 Å². The molecule has 0 atom stereocenters. The number of hydrogen-bond donors (Lipinski definition) is 0. The Morgan fingerprint density at radius 1 is 1.42 bits per heavy atom. The predicted octanol–water partition coefficient (Wildman–Crippen LogP) is 2.42. The highest BCUT2D eigenvalue weighted by Gasteiger charge is 2.16. The molecule has 0 aliphatic heterocycles. The van der Waals surface area contributed by atoms with Crippen LogP contribution in [-0.4, -0.2) is 30.3 Å². The average molecular weight is 265 g/mol. The van der Waals surface area contributed by atoms with Gasteiger partial charge in [0, 0.05) is 12.3 Å². The number of methoxy groups -OCH3 is 1. The van der Waals surface area contributed by atoms with Crippen LogP contribution in [0.4, 0.5) is 0 Å². The molecule has 0 spiro atoms. The van der Waals surface area contributed by atoms with Crippen molar-refractivity contribution in [2.45, 2.75) is 26.4 Å². The molecule has 5 heteroatoms. The van der Waals surface area contributed by atoms with E-state index in [0.29, 0.717) is 17.2 Å². The Morgan fingerprint density at radius 2 is 2.11 bits per heavy atom. The molecule has 0 N–H and O–H groups in total. The van der Waals surface area contributed by atoms with E-state index in [1.807, 2.05) is 0 Å². The van der Waals surface area contributed by atoms with E-state index in [0.717, 1.165) is 0 Å². The lowest BCUT2D eigenvalue weighted by Crippen LogP contribution is -2.27. The molecule has 0 aliphatic carbocycles. The van der Waals surface area contributed by atoms with Crippen molar-refractivity contribution in [1.82, 2.24) is 4.98 Å². The van der Waals surface area contributed by atoms with Crippen molar-refractivity contribution in [3.63, 3.8) is 0 Å². The molecule has 0 bridgehead atoms. The van der Waals surface area contributed by atoms with Crippen molar-refractivity contribution in [3.05, 3.63) is 30.6 Å². The Labute approximate surface area is 113 Å². The largest absolute Gasteiger partial charge is 0.495 e. The fraction of sp³-hybridized carbons (Fsp3) is 0.429. The van der Waals surface area contributed by atoms with Crippen LogP contribution < -0.4 is 4.74 Å². The van der Waals surface area contributed by atoms with Gasteiger partial charge in [-0.1, -0.05) is 6.58 Å². The Bertz CT molecular complexity index is 463. The molecule has 0 aliphatic rings. The summed E-state index contributed by atoms with van der Waals surface area (Å²) in [6.45, 7) is 8.95. The molecular weight excluding hydrogens is 246 g/mol. The molecule has 0 saturated carbocycles. The lowest BCUT2D eigenvalue weighted by molar-refractivity contribution is -0.157. The Kier molecular flexibility index (Phi) is 4.92. The van der Waals surface area contributed by atoms with Crippen LogP contribution in [-0.2, 0) is 14.3 Å². The van der Waals surface area contributed by atoms with E-state index in [-0.39, 0.29) is 6.61 Å². The van der Waals surface area contributed by atoms with Gasteiger partial charge in [-0.05, 0) is 26.8 Å². The lowest BCUT2D eigenvalue weighted by atomic mass is 10.2. The maximum atomic E-state index is 11.5. The fourth-order valence-electron chi connectivity index (χ4n) is 1.27. The normalized spacial score (nSPS) is 10.7. The van der Waals surface area contributed by atoms with E-state index in [1.54, 1.807) is 39.1 Å². The molecule has 1 aromatic rings. The van der Waals surface area contributed by atoms with Gasteiger partial charge >= 0.3 is 5.97 Å². The zero-order valence-corrected chi connectivity index (χ0v) is 11.7. The quantitative estimate of drug-likeness (QED) is 0.604. The summed E-state index contributed by atoms with van der Waals surface area (Å²) in [5.74, 6) is 0.521. The minimum absolute atomic E-state index is 0.153. The van der Waals surface area contributed by atoms with Crippen LogP contribution in [0.1, 0.15) is 26.5 Å². The van der Waals surface area contributed by atoms with Gasteiger partial charge in [0.05, 0.1) is 7.11 Å². The van der Waals surface area contributed by atoms with E-state index in [9.17, 15) is 4.79 Å². The summed E-state index contributed by atoms with van der Waals surface area (Å²) in [5.41, 5.74) is 0.0398. The molecule has 1 aromatic heterocycles. The number of hydrogen-bond acceptors (Lipinski definition) is 5. The summed E-state index contributed by atoms with van der Waals surface area (Å²) in [6, 6.07) is 3.30. The van der Waals surface area contributed by atoms with Crippen LogP contribution in [0, 0.1) is 0 Å². The van der Waals surface area contributed by atoms with Gasteiger partial charge in [0.2, 0.25) is 0 Å². The first-order chi connectivity index (χ1) is 8.81. The summed E-state index contributed by atoms with van der Waals surface area (Å²) in [7, 11) is 1.51. The third kappa shape index (κ3) is 5.42. The number of ether oxygens (including phenoxy) is 3. The number of esters is 1. The maximum absolute atomic E-state index is 11.5. The van der Waals surface area contributed by atoms with E-state index < -0.39 is 11.6 Å². The number of carbonyl (C=O) groups is 1. The fourth-order valence-corrected chi connectivity index (χ4v) is 1.27. The van der Waals surface area contributed by atoms with Gasteiger partial charge < -0.3 is 14.2 Å². The SMILES string of the molecule is C=C(OC)c1cc(OCC(=O)OC(C)(C)C)ccn1. The third-order valence-electron chi connectivity index (χ3n) is 2.04. The van der Waals surface area contributed by atoms with Crippen LogP contribution in [0.3, 0.4) is 0 Å². The second-order valence-electron chi connectivity index (χ2n) is 4.88. The molecule has 0 radical (unpaired) electrons. The highest BCUT2D eigenvalue weighted by molar-refractivity contribution is 5.71. The number of pyridine rings is 1. The van der Waals surface area contributed by atoms with Crippen molar-refractivity contribution in [2.75, 3.05) is 13.7 Å². The minimum atomic E-state index is -0.520. The van der Waals surface area contributed by atoms with Crippen molar-refractivity contribution >= 4 is 11.7 Å². The summed E-state index contributed by atoms with van der Waals surface area (Å²) in [4.78, 5) is 15.6. The van der Waals surface area contributed by atoms with Crippen molar-refractivity contribution < 1.29 is 19.0 Å². The van der Waals surface area contributed by atoms with Crippen LogP contribution >= 0.6 is 0 Å². The van der Waals surface area contributed by atoms with Gasteiger partial charge in [0.1, 0.15) is 22.8 Å². The molecule has 1 rings (SSSR count). The maximum Gasteiger partial charge on any atom is 0.344 e. The number of nitrogens with zero attached hydrogens (tertiary/aromatic N) is 1. The van der Waals surface area contributed by atoms with Crippen molar-refractivity contribution in [2.24, 2.45) is 0 Å². The second-order valence-corrected chi connectivity index (χ2v) is 4.88. The van der Waals surface area contributed by atoms with Crippen LogP contribution in [0.5, 0.6) is 5.75 Å². The Balaban J connectivity index is 2.59. The zero-order valence-electron chi connectivity index (χ0n) is 11.7. The first-order valence-electron chi connectivity index (χ1n) is 5.86. The number of aromatic nitrogens is 1. The molecule has 104 valence electrons. The van der Waals surface area contributed by atoms with Gasteiger partial charge in [-0.15, -0.1) is 0 Å². The number of carbonyl (C=O) groups excluding carboxylic acids is 1. The number of rotatable bonds is 5. The zero-order chi connectivity index (χ0) is 14.5. The highest BCUT2D eigenvalue weighted by Crippen LogP contribution is 2.17. The Morgan fingerprint density at radius 3 is 2.68 bits per heavy atom. The van der Waals surface area contributed by atoms with Gasteiger partial charge in [0.25, 0.3) is 0 Å². The van der Waals surface area contributed by atoms with Crippen LogP contribution in [0.2, 0.25) is 0 Å². The van der Waals surface area contributed by atoms with E-state index in [1.165, 1.54) is 7.11 Å². The van der Waals surface area contributed by atoms with Gasteiger partial charge in [0.15, 0.2) is 6.61 Å². The molecular formula is C14H19NO4. The topological polar surface area (TPSA) is 57.7 Å². The summed E-state index contributed by atoms with van der Waals surface area (Å²) in [5, 5.41) is 0. The van der Waals surface area contributed by atoms with E-state index >= 15 is 0 Å². The first-order valence-corrected chi connectivity index (χ1v) is 5.86. The van der Waals surface area contributed by atoms with Crippen molar-refractivity contribution in [1.29, 1.82) is 0 Å². The molecule has 0 aromatic carbocycles. The smallest absolute Gasteiger partial charge is 0.344 e. The van der Waals surface area contributed by atoms with E-state index in [4.69, 9.17) is 14.2 Å². The highest BCUT2D eigenvalue weighted by atomic mass is 16.6. The Hall–Kier alpha value is -2.04. The predicted molar refractivity (Wildman–Crippen MR) is 71.6 cm³/mol. The minimum Gasteiger partial charge on any atom is -0.495 e. The second kappa shape index (κ2) is 6.22. The molecule has 5 nitrogen and oxygen atoms in total. The molecule has 0 amide bonds. The molecule has 19 heavy (non-hydrogen) atoms. The standard InChI is InChI=1S/C14H19NO4/c1-10(17-5)12-8-11(6-7-15-12)18-9-13(16)19-14(2,3)4/h6-8H,1,9H2,2-5H3. The van der Waals surface area contributed by atoms with E-state index in [2.05, 4.69) is 11.6 Å². The summed E-state index contributed by atoms with van der Waals surface area (Å²) < 4.78 is 15.5. The van der Waals surface area contributed by atoms with Gasteiger partial charge in [-0.2, -0.15) is 0 Å². The molecule has 0 unspecified atom stereocenters. The van der Waals surface area contributed by atoms with Crippen molar-refractivity contribution in [3.8, 4) is 5.75 Å². The average Bonchev–Trinajstić information content (AvgIpc) is 2.34. The van der Waals surface area contributed by atoms with Gasteiger partial charge in [-0.3, -0.25) is 4.98 Å². The molecule has 1 heterocycles.